The van der Waals surface area contributed by atoms with Gasteiger partial charge in [-0.3, -0.25) is 4.98 Å². The minimum absolute atomic E-state index is 0. The summed E-state index contributed by atoms with van der Waals surface area (Å²) in [5, 5.41) is 0. The number of pyridine rings is 5. The molecule has 0 aliphatic carbocycles. The van der Waals surface area contributed by atoms with Crippen molar-refractivity contribution in [3.05, 3.63) is 278 Å². The molecule has 430 valence electrons. The molecule has 5 aromatic carbocycles. The van der Waals surface area contributed by atoms with Crippen LogP contribution in [0, 0.1) is 18.2 Å². The van der Waals surface area contributed by atoms with Gasteiger partial charge in [-0.2, -0.15) is 0 Å². The molecule has 0 aliphatic rings. The zero-order chi connectivity index (χ0) is 58.9. The number of hydrogen-bond donors (Lipinski definition) is 0. The molecule has 10 rings (SSSR count). The zero-order valence-electron chi connectivity index (χ0n) is 50.4. The Balaban J connectivity index is 0.000000216. The molecule has 5 heterocycles. The van der Waals surface area contributed by atoms with E-state index in [1.807, 2.05) is 43.1 Å². The van der Waals surface area contributed by atoms with Crippen molar-refractivity contribution in [2.45, 2.75) is 133 Å². The number of rotatable bonds is 14. The molecule has 83 heavy (non-hydrogen) atoms. The Morgan fingerprint density at radius 1 is 0.277 bits per heavy atom. The molecular weight excluding hydrogens is 1320 g/mol. The molecule has 0 spiro atoms. The Labute approximate surface area is 529 Å². The number of halogens is 2. The van der Waals surface area contributed by atoms with Crippen molar-refractivity contribution < 1.29 is 20.1 Å². The molecule has 8 heteroatoms. The van der Waals surface area contributed by atoms with Crippen LogP contribution < -0.4 is 0 Å². The van der Waals surface area contributed by atoms with Crippen LogP contribution in [0.2, 0.25) is 0 Å². The van der Waals surface area contributed by atoms with Crippen LogP contribution in [0.3, 0.4) is 0 Å². The first-order valence-electron chi connectivity index (χ1n) is 29.2. The third-order valence-corrected chi connectivity index (χ3v) is 14.8. The minimum atomic E-state index is 0. The minimum Gasteiger partial charge on any atom is -0.305 e. The van der Waals surface area contributed by atoms with Crippen molar-refractivity contribution in [1.82, 2.24) is 24.9 Å². The molecule has 0 saturated carbocycles. The molecular formula is C75H82Br2IrN5. The average molecular weight is 1410 g/mol. The Morgan fingerprint density at radius 3 is 0.819 bits per heavy atom. The van der Waals surface area contributed by atoms with Gasteiger partial charge in [0, 0.05) is 41.0 Å². The van der Waals surface area contributed by atoms with E-state index in [-0.39, 0.29) is 20.1 Å². The summed E-state index contributed by atoms with van der Waals surface area (Å²) in [6.45, 7) is 21.5. The van der Waals surface area contributed by atoms with Crippen molar-refractivity contribution in [2.24, 2.45) is 0 Å². The molecule has 5 aromatic heterocycles. The van der Waals surface area contributed by atoms with Crippen LogP contribution in [0.15, 0.2) is 204 Å². The summed E-state index contributed by atoms with van der Waals surface area (Å²) in [4.78, 5) is 21.6. The molecule has 0 N–H and O–H groups in total. The van der Waals surface area contributed by atoms with Crippen molar-refractivity contribution in [3.8, 4) is 45.0 Å². The summed E-state index contributed by atoms with van der Waals surface area (Å²) >= 11 is 6.67. The van der Waals surface area contributed by atoms with Crippen LogP contribution in [-0.2, 0) is 84.3 Å². The topological polar surface area (TPSA) is 64.5 Å². The SMILES string of the molecule is CCc1c[c-]c(-c2cc(CC)ccn2)cc1.CCc1c[c-]c(-c2cc(CC)ccn2)cc1.CCc1c[c-]c(-c2cc(CC)ccn2)cc1.CCc1ccc(-c2cc(CC)ccn2)cc1.CCc1ccc(Br)cc1.CCc1ccnc(Br)c1.[Ir+3]. The van der Waals surface area contributed by atoms with E-state index < -0.39 is 0 Å². The summed E-state index contributed by atoms with van der Waals surface area (Å²) in [7, 11) is 0. The Bertz CT molecular complexity index is 3000. The maximum Gasteiger partial charge on any atom is 3.00 e. The molecule has 0 atom stereocenters. The molecule has 0 radical (unpaired) electrons. The zero-order valence-corrected chi connectivity index (χ0v) is 55.9. The summed E-state index contributed by atoms with van der Waals surface area (Å²) < 4.78 is 2.07. The first kappa shape index (κ1) is 69.0. The fourth-order valence-corrected chi connectivity index (χ4v) is 8.86. The predicted molar refractivity (Wildman–Crippen MR) is 355 cm³/mol. The van der Waals surface area contributed by atoms with Crippen LogP contribution in [0.25, 0.3) is 45.0 Å². The molecule has 5 nitrogen and oxygen atoms in total. The number of benzene rings is 5. The van der Waals surface area contributed by atoms with Gasteiger partial charge in [0.25, 0.3) is 0 Å². The van der Waals surface area contributed by atoms with Gasteiger partial charge in [-0.05, 0) is 155 Å². The first-order valence-corrected chi connectivity index (χ1v) is 30.8. The van der Waals surface area contributed by atoms with Crippen molar-refractivity contribution in [2.75, 3.05) is 0 Å². The summed E-state index contributed by atoms with van der Waals surface area (Å²) in [5.74, 6) is 0. The normalized spacial score (nSPS) is 10.1. The second-order valence-electron chi connectivity index (χ2n) is 19.4. The Morgan fingerprint density at radius 2 is 0.542 bits per heavy atom. The summed E-state index contributed by atoms with van der Waals surface area (Å²) in [6, 6.07) is 66.7. The molecule has 0 bridgehead atoms. The van der Waals surface area contributed by atoms with E-state index in [1.165, 1.54) is 61.2 Å². The van der Waals surface area contributed by atoms with Crippen molar-refractivity contribution in [1.29, 1.82) is 0 Å². The van der Waals surface area contributed by atoms with E-state index in [0.717, 1.165) is 113 Å². The van der Waals surface area contributed by atoms with Gasteiger partial charge in [0.2, 0.25) is 0 Å². The van der Waals surface area contributed by atoms with Gasteiger partial charge in [-0.25, -0.2) is 4.98 Å². The van der Waals surface area contributed by atoms with E-state index in [0.29, 0.717) is 0 Å². The van der Waals surface area contributed by atoms with Crippen LogP contribution in [0.5, 0.6) is 0 Å². The standard InChI is InChI=1S/C15H17N.3C15H16N.C8H9Br.C7H8BrN.Ir/c4*1-3-12-5-7-14(8-6-12)15-11-13(4-2)9-10-16-15;1-2-7-3-5-8(9)6-4-7;1-2-6-3-4-9-7(8)5-6;/h5-11H,3-4H2,1-2H3;3*5-7,9-11H,3-4H2,1-2H3;3-6H,2H2,1H3;3-5H,2H2,1H3;/q;3*-1;;;+3. The Hall–Kier alpha value is -6.54. The van der Waals surface area contributed by atoms with Gasteiger partial charge in [-0.15, -0.1) is 106 Å². The van der Waals surface area contributed by atoms with E-state index in [2.05, 4.69) is 296 Å². The number of hydrogen-bond acceptors (Lipinski definition) is 5. The summed E-state index contributed by atoms with van der Waals surface area (Å²) in [5.41, 5.74) is 21.9. The van der Waals surface area contributed by atoms with E-state index in [4.69, 9.17) is 0 Å². The van der Waals surface area contributed by atoms with Gasteiger partial charge < -0.3 is 15.0 Å². The maximum atomic E-state index is 4.41. The fraction of sp³-hybridized carbons (Fsp3) is 0.267. The van der Waals surface area contributed by atoms with Gasteiger partial charge in [0.1, 0.15) is 4.60 Å². The second kappa shape index (κ2) is 39.1. The first-order chi connectivity index (χ1) is 40.0. The van der Waals surface area contributed by atoms with Crippen molar-refractivity contribution >= 4 is 31.9 Å². The van der Waals surface area contributed by atoms with Crippen molar-refractivity contribution in [3.63, 3.8) is 0 Å². The maximum absolute atomic E-state index is 4.41. The molecule has 0 aliphatic heterocycles. The predicted octanol–water partition coefficient (Wildman–Crippen LogP) is 20.3. The second-order valence-corrected chi connectivity index (χ2v) is 21.1. The molecule has 10 aromatic rings. The molecule has 0 fully saturated rings. The summed E-state index contributed by atoms with van der Waals surface area (Å²) in [6.07, 6.45) is 19.9. The quantitative estimate of drug-likeness (QED) is 0.0802. The number of aromatic nitrogens is 5. The Kier molecular flexibility index (Phi) is 32.5. The van der Waals surface area contributed by atoms with Crippen LogP contribution in [0.1, 0.15) is 125 Å². The number of nitrogens with zero attached hydrogens (tertiary/aromatic N) is 5. The third kappa shape index (κ3) is 24.3. The van der Waals surface area contributed by atoms with Gasteiger partial charge in [0.05, 0.1) is 5.69 Å². The van der Waals surface area contributed by atoms with Crippen LogP contribution in [0.4, 0.5) is 0 Å². The van der Waals surface area contributed by atoms with Gasteiger partial charge >= 0.3 is 20.1 Å². The van der Waals surface area contributed by atoms with Gasteiger partial charge in [0.15, 0.2) is 0 Å². The largest absolute Gasteiger partial charge is 3.00 e. The molecule has 0 unspecified atom stereocenters. The van der Waals surface area contributed by atoms with E-state index >= 15 is 0 Å². The van der Waals surface area contributed by atoms with E-state index in [9.17, 15) is 0 Å². The fourth-order valence-electron chi connectivity index (χ4n) is 8.18. The van der Waals surface area contributed by atoms with Crippen LogP contribution >= 0.6 is 31.9 Å². The third-order valence-electron chi connectivity index (χ3n) is 13.8. The smallest absolute Gasteiger partial charge is 0.305 e. The van der Waals surface area contributed by atoms with Gasteiger partial charge in [-0.1, -0.05) is 176 Å². The number of aryl methyl sites for hydroxylation is 10. The van der Waals surface area contributed by atoms with E-state index in [1.54, 1.807) is 0 Å². The monoisotopic (exact) mass is 1400 g/mol. The molecule has 0 amide bonds. The van der Waals surface area contributed by atoms with Crippen LogP contribution in [-0.4, -0.2) is 24.9 Å². The average Bonchev–Trinajstić information content (AvgIpc) is 3.58. The molecule has 0 saturated heterocycles.